The van der Waals surface area contributed by atoms with E-state index in [0.29, 0.717) is 19.4 Å². The zero-order chi connectivity index (χ0) is 20.7. The van der Waals surface area contributed by atoms with E-state index in [9.17, 15) is 18.0 Å². The second-order valence-electron chi connectivity index (χ2n) is 6.44. The number of aldehydes is 1. The quantitative estimate of drug-likeness (QED) is 0.368. The number of ether oxygens (including phenoxy) is 1. The van der Waals surface area contributed by atoms with Crippen LogP contribution in [0.1, 0.15) is 19.8 Å². The number of nitrogens with one attached hydrogen (secondary N) is 1. The summed E-state index contributed by atoms with van der Waals surface area (Å²) in [6.07, 6.45) is 3.56. The molecule has 0 fully saturated rings. The molecular weight excluding hydrogens is 371 g/mol. The van der Waals surface area contributed by atoms with Gasteiger partial charge in [-0.05, 0) is 24.5 Å². The molecule has 2 rings (SSSR count). The number of halogens is 3. The average molecular weight is 395 g/mol. The number of alkyl halides is 3. The summed E-state index contributed by atoms with van der Waals surface area (Å²) in [7, 11) is 0. The van der Waals surface area contributed by atoms with Gasteiger partial charge in [0, 0.05) is 19.6 Å². The van der Waals surface area contributed by atoms with E-state index in [-0.39, 0.29) is 30.6 Å². The van der Waals surface area contributed by atoms with Crippen LogP contribution in [0.3, 0.4) is 0 Å². The summed E-state index contributed by atoms with van der Waals surface area (Å²) in [6, 6.07) is -0.384. The van der Waals surface area contributed by atoms with Gasteiger partial charge in [-0.15, -0.1) is 0 Å². The highest BCUT2D eigenvalue weighted by molar-refractivity contribution is 5.82. The van der Waals surface area contributed by atoms with E-state index in [1.54, 1.807) is 17.1 Å². The Bertz CT molecular complexity index is 748. The number of unbranched alkanes of at least 4 members (excludes halogenated alkanes) is 1. The van der Waals surface area contributed by atoms with Crippen LogP contribution in [0, 0.1) is 0 Å². The number of allylic oxidation sites excluding steroid dienone is 4. The van der Waals surface area contributed by atoms with Crippen LogP contribution in [0.2, 0.25) is 0 Å². The summed E-state index contributed by atoms with van der Waals surface area (Å²) in [5, 5.41) is 3.81. The Hall–Kier alpha value is -2.61. The number of nitrogens with zero attached hydrogens (tertiary/aromatic N) is 2. The predicted octanol–water partition coefficient (Wildman–Crippen LogP) is 3.64. The first-order chi connectivity index (χ1) is 13.3. The van der Waals surface area contributed by atoms with Crippen LogP contribution in [0.15, 0.2) is 64.6 Å². The number of hydrogen-bond donors (Lipinski definition) is 1. The Morgan fingerprint density at radius 3 is 2.86 bits per heavy atom. The fourth-order valence-electron chi connectivity index (χ4n) is 3.15. The molecule has 5 nitrogen and oxygen atoms in total. The van der Waals surface area contributed by atoms with Crippen molar-refractivity contribution in [3.8, 4) is 0 Å². The molecule has 0 spiro atoms. The molecule has 0 saturated heterocycles. The molecule has 0 aromatic carbocycles. The molecule has 8 heteroatoms. The van der Waals surface area contributed by atoms with Gasteiger partial charge in [-0.3, -0.25) is 5.43 Å². The summed E-state index contributed by atoms with van der Waals surface area (Å²) in [4.78, 5) is 12.0. The van der Waals surface area contributed by atoms with Crippen molar-refractivity contribution < 1.29 is 22.7 Å². The van der Waals surface area contributed by atoms with Gasteiger partial charge >= 0.3 is 6.18 Å². The highest BCUT2D eigenvalue weighted by Gasteiger charge is 2.43. The lowest BCUT2D eigenvalue weighted by molar-refractivity contribution is -0.108. The highest BCUT2D eigenvalue weighted by atomic mass is 19.4. The largest absolute Gasteiger partial charge is 0.420 e. The van der Waals surface area contributed by atoms with Crippen molar-refractivity contribution in [1.82, 2.24) is 10.3 Å². The Labute approximate surface area is 162 Å². The van der Waals surface area contributed by atoms with E-state index in [4.69, 9.17) is 4.74 Å². The molecule has 2 aliphatic heterocycles. The number of carbonyl (C=O) groups excluding carboxylic acids is 1. The fourth-order valence-corrected chi connectivity index (χ4v) is 3.15. The lowest BCUT2D eigenvalue weighted by Gasteiger charge is -2.33. The molecule has 0 aromatic rings. The van der Waals surface area contributed by atoms with Gasteiger partial charge in [0.15, 0.2) is 0 Å². The topological polar surface area (TPSA) is 53.9 Å². The van der Waals surface area contributed by atoms with Crippen molar-refractivity contribution >= 4 is 12.5 Å². The molecule has 0 radical (unpaired) electrons. The highest BCUT2D eigenvalue weighted by Crippen LogP contribution is 2.38. The second kappa shape index (κ2) is 9.54. The monoisotopic (exact) mass is 395 g/mol. The molecule has 0 aliphatic carbocycles. The normalized spacial score (nSPS) is 20.4. The molecule has 0 aromatic heterocycles. The minimum Gasteiger partial charge on any atom is -0.379 e. The van der Waals surface area contributed by atoms with Crippen molar-refractivity contribution in [2.45, 2.75) is 32.0 Å². The van der Waals surface area contributed by atoms with E-state index in [2.05, 4.69) is 23.7 Å². The third-order valence-electron chi connectivity index (χ3n) is 4.58. The minimum absolute atomic E-state index is 0.0425. The van der Waals surface area contributed by atoms with Crippen molar-refractivity contribution in [1.29, 1.82) is 0 Å². The molecule has 152 valence electrons. The fraction of sp³-hybridized carbons (Fsp3) is 0.400. The van der Waals surface area contributed by atoms with E-state index >= 15 is 0 Å². The van der Waals surface area contributed by atoms with Crippen LogP contribution < -0.4 is 5.43 Å². The van der Waals surface area contributed by atoms with Gasteiger partial charge in [0.05, 0.1) is 30.3 Å². The molecule has 0 bridgehead atoms. The first kappa shape index (κ1) is 21.7. The molecular formula is C20H24F3N3O2. The third-order valence-corrected chi connectivity index (χ3v) is 4.58. The molecule has 1 unspecified atom stereocenters. The predicted molar refractivity (Wildman–Crippen MR) is 102 cm³/mol. The maximum Gasteiger partial charge on any atom is 0.420 e. The summed E-state index contributed by atoms with van der Waals surface area (Å²) < 4.78 is 46.6. The summed E-state index contributed by atoms with van der Waals surface area (Å²) in [5.41, 5.74) is 2.94. The summed E-state index contributed by atoms with van der Waals surface area (Å²) in [5.74, 6) is 0. The molecule has 2 heterocycles. The van der Waals surface area contributed by atoms with Crippen molar-refractivity contribution in [2.24, 2.45) is 5.10 Å². The van der Waals surface area contributed by atoms with Crippen LogP contribution in [-0.2, 0) is 9.53 Å². The van der Waals surface area contributed by atoms with Crippen LogP contribution in [-0.4, -0.2) is 49.4 Å². The number of hydrazone groups is 1. The van der Waals surface area contributed by atoms with Crippen molar-refractivity contribution in [3.05, 3.63) is 59.5 Å². The zero-order valence-electron chi connectivity index (χ0n) is 15.8. The molecule has 28 heavy (non-hydrogen) atoms. The average Bonchev–Trinajstić information content (AvgIpc) is 2.94. The minimum atomic E-state index is -4.57. The summed E-state index contributed by atoms with van der Waals surface area (Å²) >= 11 is 0. The van der Waals surface area contributed by atoms with Crippen molar-refractivity contribution in [3.63, 3.8) is 0 Å². The maximum absolute atomic E-state index is 13.7. The van der Waals surface area contributed by atoms with E-state index < -0.39 is 11.7 Å². The van der Waals surface area contributed by atoms with E-state index in [0.717, 1.165) is 17.4 Å². The SMILES string of the molecule is C=C/C=C\C1=C(C)C(COCCCC=O)N(C2=C(C(F)(F)F)C(=C)NN=C2)C1. The lowest BCUT2D eigenvalue weighted by atomic mass is 10.1. The number of hydrogen-bond acceptors (Lipinski definition) is 5. The first-order valence-electron chi connectivity index (χ1n) is 8.87. The molecule has 1 atom stereocenters. The smallest absolute Gasteiger partial charge is 0.379 e. The first-order valence-corrected chi connectivity index (χ1v) is 8.87. The van der Waals surface area contributed by atoms with Crippen LogP contribution >= 0.6 is 0 Å². The van der Waals surface area contributed by atoms with Crippen LogP contribution in [0.5, 0.6) is 0 Å². The van der Waals surface area contributed by atoms with E-state index in [1.165, 1.54) is 6.21 Å². The summed E-state index contributed by atoms with van der Waals surface area (Å²) in [6.45, 7) is 9.82. The molecule has 0 saturated carbocycles. The third kappa shape index (κ3) is 5.01. The zero-order valence-corrected chi connectivity index (χ0v) is 15.8. The van der Waals surface area contributed by atoms with Gasteiger partial charge in [-0.2, -0.15) is 18.3 Å². The molecule has 1 N–H and O–H groups in total. The van der Waals surface area contributed by atoms with Gasteiger partial charge in [0.1, 0.15) is 11.9 Å². The lowest BCUT2D eigenvalue weighted by Crippen LogP contribution is -2.40. The van der Waals surface area contributed by atoms with E-state index in [1.807, 2.05) is 13.0 Å². The standard InChI is InChI=1S/C20H24F3N3O2/c1-4-5-8-16-12-26(18(14(16)2)13-28-10-7-6-9-27)17-11-24-25-15(3)19(17)20(21,22)23/h4-5,8-9,11,18,25H,1,3,6-7,10,12-13H2,2H3/b8-5-. The Morgan fingerprint density at radius 2 is 2.21 bits per heavy atom. The maximum atomic E-state index is 13.7. The second-order valence-corrected chi connectivity index (χ2v) is 6.44. The van der Waals surface area contributed by atoms with Crippen molar-refractivity contribution in [2.75, 3.05) is 19.8 Å². The number of rotatable bonds is 9. The van der Waals surface area contributed by atoms with Gasteiger partial charge in [-0.1, -0.05) is 31.4 Å². The molecule has 0 amide bonds. The van der Waals surface area contributed by atoms with Gasteiger partial charge in [0.25, 0.3) is 0 Å². The Morgan fingerprint density at radius 1 is 1.46 bits per heavy atom. The van der Waals surface area contributed by atoms with Gasteiger partial charge in [-0.25, -0.2) is 0 Å². The number of carbonyl (C=O) groups is 1. The molecule has 2 aliphatic rings. The Balaban J connectivity index is 2.35. The van der Waals surface area contributed by atoms with Gasteiger partial charge in [0.2, 0.25) is 0 Å². The van der Waals surface area contributed by atoms with Crippen LogP contribution in [0.25, 0.3) is 0 Å². The van der Waals surface area contributed by atoms with Gasteiger partial charge < -0.3 is 14.4 Å². The Kier molecular flexibility index (Phi) is 7.39. The van der Waals surface area contributed by atoms with Crippen LogP contribution in [0.4, 0.5) is 13.2 Å².